The van der Waals surface area contributed by atoms with Gasteiger partial charge in [-0.15, -0.1) is 0 Å². The zero-order valence-electron chi connectivity index (χ0n) is 24.2. The van der Waals surface area contributed by atoms with Crippen molar-refractivity contribution >= 4 is 28.9 Å². The third-order valence-corrected chi connectivity index (χ3v) is 11.7. The van der Waals surface area contributed by atoms with Gasteiger partial charge in [-0.3, -0.25) is 4.79 Å². The molecule has 7 atom stereocenters. The van der Waals surface area contributed by atoms with Gasteiger partial charge in [0.2, 0.25) is 11.1 Å². The zero-order valence-corrected chi connectivity index (χ0v) is 25.0. The maximum atomic E-state index is 13.8. The van der Waals surface area contributed by atoms with Crippen molar-refractivity contribution in [2.45, 2.75) is 64.1 Å². The minimum absolute atomic E-state index is 0.0368. The van der Waals surface area contributed by atoms with Gasteiger partial charge >= 0.3 is 5.97 Å². The van der Waals surface area contributed by atoms with Crippen molar-refractivity contribution in [1.82, 2.24) is 14.8 Å². The third-order valence-electron chi connectivity index (χ3n) is 10.7. The van der Waals surface area contributed by atoms with E-state index in [4.69, 9.17) is 9.47 Å². The molecule has 0 saturated heterocycles. The predicted octanol–water partition coefficient (Wildman–Crippen LogP) is 3.74. The fourth-order valence-corrected chi connectivity index (χ4v) is 9.90. The highest BCUT2D eigenvalue weighted by Crippen LogP contribution is 2.68. The van der Waals surface area contributed by atoms with Crippen LogP contribution < -0.4 is 0 Å². The Labute approximate surface area is 248 Å². The molecule has 0 aliphatic heterocycles. The van der Waals surface area contributed by atoms with Crippen LogP contribution in [-0.2, 0) is 25.5 Å². The number of carbonyl (C=O) groups is 2. The van der Waals surface area contributed by atoms with E-state index in [-0.39, 0.29) is 47.3 Å². The molecule has 4 aliphatic rings. The number of pyridine rings is 1. The van der Waals surface area contributed by atoms with Crippen LogP contribution in [-0.4, -0.2) is 73.8 Å². The highest BCUT2D eigenvalue weighted by atomic mass is 32.2. The number of aliphatic hydroxyl groups excluding tert-OH is 2. The summed E-state index contributed by atoms with van der Waals surface area (Å²) in [4.78, 5) is 30.3. The average molecular weight is 600 g/mol. The van der Waals surface area contributed by atoms with Crippen LogP contribution in [0.25, 0.3) is 11.8 Å². The lowest BCUT2D eigenvalue weighted by Gasteiger charge is -2.60. The summed E-state index contributed by atoms with van der Waals surface area (Å²) < 4.78 is 26.3. The van der Waals surface area contributed by atoms with E-state index in [1.54, 1.807) is 10.7 Å². The summed E-state index contributed by atoms with van der Waals surface area (Å²) in [7, 11) is 1.41. The van der Waals surface area contributed by atoms with Crippen molar-refractivity contribution in [3.8, 4) is 5.69 Å². The second kappa shape index (κ2) is 10.8. The molecule has 226 valence electrons. The fraction of sp³-hybridized carbons (Fsp3) is 0.613. The highest BCUT2D eigenvalue weighted by Gasteiger charge is 2.70. The molecule has 42 heavy (non-hydrogen) atoms. The van der Waals surface area contributed by atoms with Crippen LogP contribution >= 0.6 is 11.8 Å². The van der Waals surface area contributed by atoms with E-state index in [0.29, 0.717) is 31.4 Å². The number of fused-ring (bicyclic) bond motifs is 6. The SMILES string of the molecule is COCC(=O)O[C@]1(C(=O)SCCO)CC[C@H]2[C@@H]3CCC4=Cc5c(cnn5-c5ccc(F)nc5)C[C@]4(C)[C@H]3[C@@H](O)C[C@@]21C. The fourth-order valence-electron chi connectivity index (χ4n) is 9.01. The van der Waals surface area contributed by atoms with Gasteiger partial charge in [-0.05, 0) is 85.5 Å². The minimum atomic E-state index is -1.39. The number of aromatic nitrogens is 3. The van der Waals surface area contributed by atoms with Crippen molar-refractivity contribution < 1.29 is 33.7 Å². The predicted molar refractivity (Wildman–Crippen MR) is 154 cm³/mol. The molecule has 2 aromatic rings. The molecule has 0 bridgehead atoms. The number of hydrogen-bond donors (Lipinski definition) is 2. The number of hydrogen-bond acceptors (Lipinski definition) is 9. The van der Waals surface area contributed by atoms with Crippen LogP contribution in [0.15, 0.2) is 30.1 Å². The van der Waals surface area contributed by atoms with Crippen LogP contribution in [0.3, 0.4) is 0 Å². The van der Waals surface area contributed by atoms with Gasteiger partial charge < -0.3 is 19.7 Å². The molecule has 0 unspecified atom stereocenters. The van der Waals surface area contributed by atoms with E-state index in [0.717, 1.165) is 35.9 Å². The number of ether oxygens (including phenoxy) is 2. The Morgan fingerprint density at radius 1 is 1.24 bits per heavy atom. The van der Waals surface area contributed by atoms with E-state index in [1.807, 2.05) is 13.1 Å². The monoisotopic (exact) mass is 599 g/mol. The number of thioether (sulfide) groups is 1. The van der Waals surface area contributed by atoms with Crippen LogP contribution in [0, 0.1) is 34.5 Å². The first-order chi connectivity index (χ1) is 20.1. The summed E-state index contributed by atoms with van der Waals surface area (Å²) in [6.45, 7) is 3.83. The smallest absolute Gasteiger partial charge is 0.333 e. The van der Waals surface area contributed by atoms with Gasteiger partial charge in [0, 0.05) is 18.3 Å². The Hall–Kier alpha value is -2.60. The number of esters is 1. The highest BCUT2D eigenvalue weighted by molar-refractivity contribution is 8.13. The van der Waals surface area contributed by atoms with Gasteiger partial charge in [-0.1, -0.05) is 31.2 Å². The van der Waals surface area contributed by atoms with Crippen molar-refractivity contribution in [2.75, 3.05) is 26.1 Å². The van der Waals surface area contributed by atoms with Gasteiger partial charge in [0.1, 0.15) is 6.61 Å². The first-order valence-electron chi connectivity index (χ1n) is 14.6. The van der Waals surface area contributed by atoms with Crippen molar-refractivity contribution in [1.29, 1.82) is 0 Å². The average Bonchev–Trinajstić information content (AvgIpc) is 3.48. The molecule has 2 aromatic heterocycles. The number of nitrogens with zero attached hydrogens (tertiary/aromatic N) is 3. The van der Waals surface area contributed by atoms with E-state index in [9.17, 15) is 24.2 Å². The lowest BCUT2D eigenvalue weighted by Crippen LogP contribution is -2.62. The quantitative estimate of drug-likeness (QED) is 0.362. The zero-order chi connectivity index (χ0) is 29.9. The molecule has 3 fully saturated rings. The Balaban J connectivity index is 1.34. The van der Waals surface area contributed by atoms with E-state index >= 15 is 0 Å². The van der Waals surface area contributed by atoms with Crippen LogP contribution in [0.1, 0.15) is 57.2 Å². The summed E-state index contributed by atoms with van der Waals surface area (Å²) in [5.41, 5.74) is 1.53. The molecule has 4 aliphatic carbocycles. The number of rotatable bonds is 7. The molecular weight excluding hydrogens is 561 g/mol. The van der Waals surface area contributed by atoms with Gasteiger partial charge in [-0.2, -0.15) is 9.49 Å². The summed E-state index contributed by atoms with van der Waals surface area (Å²) in [5, 5.41) is 25.8. The van der Waals surface area contributed by atoms with Crippen LogP contribution in [0.5, 0.6) is 0 Å². The number of halogens is 1. The molecule has 0 spiro atoms. The normalized spacial score (nSPS) is 35.0. The maximum absolute atomic E-state index is 13.8. The Morgan fingerprint density at radius 3 is 2.76 bits per heavy atom. The lowest BCUT2D eigenvalue weighted by molar-refractivity contribution is -0.198. The summed E-state index contributed by atoms with van der Waals surface area (Å²) in [5.74, 6) is -0.743. The molecule has 2 N–H and O–H groups in total. The second-order valence-corrected chi connectivity index (χ2v) is 13.8. The molecule has 0 aromatic carbocycles. The number of allylic oxidation sites excluding steroid dienone is 1. The van der Waals surface area contributed by atoms with Gasteiger partial charge in [0.25, 0.3) is 0 Å². The Bertz CT molecular complexity index is 1410. The largest absolute Gasteiger partial charge is 0.448 e. The number of methoxy groups -OCH3 is 1. The van der Waals surface area contributed by atoms with Crippen molar-refractivity contribution in [2.24, 2.45) is 28.6 Å². The number of carbonyl (C=O) groups excluding carboxylic acids is 2. The third kappa shape index (κ3) is 4.38. The van der Waals surface area contributed by atoms with E-state index in [1.165, 1.54) is 24.9 Å². The summed E-state index contributed by atoms with van der Waals surface area (Å²) in [6, 6.07) is 2.99. The Morgan fingerprint density at radius 2 is 2.05 bits per heavy atom. The van der Waals surface area contributed by atoms with Crippen LogP contribution in [0.4, 0.5) is 4.39 Å². The van der Waals surface area contributed by atoms with E-state index < -0.39 is 29.0 Å². The van der Waals surface area contributed by atoms with Gasteiger partial charge in [0.15, 0.2) is 5.60 Å². The standard InChI is InChI=1S/C31H38FN3O6S/c1-29-13-18-15-34-35(20-5-7-25(32)33-16-20)23(18)12-19(29)4-6-21-22-8-9-31(28(39)42-11-10-36,41-26(38)17-40-3)30(22,2)14-24(37)27(21)29/h5,7,12,15-16,21-22,24,27,36-37H,4,6,8-11,13-14,17H2,1-3H3/t21-,22-,24-,27+,29-,30-,31-/m0/s1. The summed E-state index contributed by atoms with van der Waals surface area (Å²) in [6.07, 6.45) is 8.65. The first kappa shape index (κ1) is 29.5. The second-order valence-electron chi connectivity index (χ2n) is 12.7. The molecule has 2 heterocycles. The first-order valence-corrected chi connectivity index (χ1v) is 15.6. The molecule has 3 saturated carbocycles. The topological polar surface area (TPSA) is 124 Å². The molecule has 9 nitrogen and oxygen atoms in total. The van der Waals surface area contributed by atoms with Crippen LogP contribution in [0.2, 0.25) is 0 Å². The molecule has 0 amide bonds. The van der Waals surface area contributed by atoms with Gasteiger partial charge in [0.05, 0.1) is 36.5 Å². The minimum Gasteiger partial charge on any atom is -0.448 e. The summed E-state index contributed by atoms with van der Waals surface area (Å²) >= 11 is 0.996. The van der Waals surface area contributed by atoms with Crippen molar-refractivity contribution in [3.05, 3.63) is 47.3 Å². The van der Waals surface area contributed by atoms with E-state index in [2.05, 4.69) is 23.1 Å². The maximum Gasteiger partial charge on any atom is 0.333 e. The van der Waals surface area contributed by atoms with Crippen molar-refractivity contribution in [3.63, 3.8) is 0 Å². The molecule has 6 rings (SSSR count). The van der Waals surface area contributed by atoms with Gasteiger partial charge in [-0.25, -0.2) is 14.5 Å². The Kier molecular flexibility index (Phi) is 7.60. The molecular formula is C31H38FN3O6S. The molecule has 11 heteroatoms. The number of aliphatic hydroxyl groups is 2. The molecule has 0 radical (unpaired) electrons. The lowest BCUT2D eigenvalue weighted by atomic mass is 9.45.